The van der Waals surface area contributed by atoms with E-state index in [2.05, 4.69) is 25.6 Å². The van der Waals surface area contributed by atoms with E-state index in [1.807, 2.05) is 35.8 Å². The summed E-state index contributed by atoms with van der Waals surface area (Å²) in [5.41, 5.74) is 8.47. The standard InChI is InChI=1S/C19H24ClN7O/c1-2-27-10-22-16-17(23-12-5-3-4-11(20)8-12)25-19(26-18(16)27)24-15-7-6-13(28)9-14(15)21/h3-5,8,10,13-15,28H,2,6-7,9,21H2,1H3,(H2,23,24,25,26). The Labute approximate surface area is 168 Å². The van der Waals surface area contributed by atoms with E-state index in [4.69, 9.17) is 17.3 Å². The third-order valence-electron chi connectivity index (χ3n) is 5.08. The number of nitrogens with zero attached hydrogens (tertiary/aromatic N) is 4. The second kappa shape index (κ2) is 7.90. The van der Waals surface area contributed by atoms with E-state index in [-0.39, 0.29) is 18.2 Å². The number of fused-ring (bicyclic) bond motifs is 1. The number of anilines is 3. The Morgan fingerprint density at radius 2 is 2.18 bits per heavy atom. The number of aromatic nitrogens is 4. The molecular formula is C19H24ClN7O. The average Bonchev–Trinajstić information content (AvgIpc) is 3.07. The van der Waals surface area contributed by atoms with Gasteiger partial charge in [0.25, 0.3) is 0 Å². The van der Waals surface area contributed by atoms with Crippen LogP contribution in [0.1, 0.15) is 26.2 Å². The summed E-state index contributed by atoms with van der Waals surface area (Å²) >= 11 is 6.10. The van der Waals surface area contributed by atoms with Gasteiger partial charge in [0.2, 0.25) is 5.95 Å². The van der Waals surface area contributed by atoms with Crippen LogP contribution in [0.4, 0.5) is 17.5 Å². The Balaban J connectivity index is 1.69. The van der Waals surface area contributed by atoms with Crippen LogP contribution in [-0.4, -0.2) is 42.8 Å². The highest BCUT2D eigenvalue weighted by Gasteiger charge is 2.27. The second-order valence-electron chi connectivity index (χ2n) is 7.12. The first kappa shape index (κ1) is 18.9. The van der Waals surface area contributed by atoms with Crippen molar-refractivity contribution >= 4 is 40.2 Å². The van der Waals surface area contributed by atoms with Gasteiger partial charge in [0, 0.05) is 29.3 Å². The van der Waals surface area contributed by atoms with Crippen LogP contribution in [0, 0.1) is 0 Å². The summed E-state index contributed by atoms with van der Waals surface area (Å²) in [5, 5.41) is 17.1. The van der Waals surface area contributed by atoms with Crippen molar-refractivity contribution in [3.8, 4) is 0 Å². The molecule has 3 atom stereocenters. The van der Waals surface area contributed by atoms with Crippen molar-refractivity contribution in [2.45, 2.75) is 50.9 Å². The number of aliphatic hydroxyl groups is 1. The normalized spacial score (nSPS) is 22.4. The van der Waals surface area contributed by atoms with Crippen molar-refractivity contribution in [1.82, 2.24) is 19.5 Å². The van der Waals surface area contributed by atoms with Crippen LogP contribution in [-0.2, 0) is 6.54 Å². The number of halogens is 1. The van der Waals surface area contributed by atoms with E-state index in [1.165, 1.54) is 0 Å². The van der Waals surface area contributed by atoms with Gasteiger partial charge in [-0.2, -0.15) is 9.97 Å². The van der Waals surface area contributed by atoms with Crippen LogP contribution in [0.2, 0.25) is 5.02 Å². The lowest BCUT2D eigenvalue weighted by Crippen LogP contribution is -2.46. The smallest absolute Gasteiger partial charge is 0.227 e. The Hall–Kier alpha value is -2.42. The van der Waals surface area contributed by atoms with Crippen molar-refractivity contribution in [2.75, 3.05) is 10.6 Å². The van der Waals surface area contributed by atoms with Gasteiger partial charge in [-0.05, 0) is 44.4 Å². The van der Waals surface area contributed by atoms with Gasteiger partial charge in [-0.15, -0.1) is 0 Å². The van der Waals surface area contributed by atoms with Crippen LogP contribution < -0.4 is 16.4 Å². The van der Waals surface area contributed by atoms with E-state index < -0.39 is 0 Å². The van der Waals surface area contributed by atoms with Crippen LogP contribution in [0.25, 0.3) is 11.2 Å². The topological polar surface area (TPSA) is 114 Å². The fraction of sp³-hybridized carbons (Fsp3) is 0.421. The maximum Gasteiger partial charge on any atom is 0.227 e. The SMILES string of the molecule is CCn1cnc2c(Nc3cccc(Cl)c3)nc(NC3CCC(O)CC3N)nc21. The molecule has 2 aromatic heterocycles. The van der Waals surface area contributed by atoms with Crippen molar-refractivity contribution in [3.05, 3.63) is 35.6 Å². The lowest BCUT2D eigenvalue weighted by atomic mass is 9.89. The van der Waals surface area contributed by atoms with Crippen LogP contribution >= 0.6 is 11.6 Å². The summed E-state index contributed by atoms with van der Waals surface area (Å²) in [6.45, 7) is 2.79. The average molecular weight is 402 g/mol. The molecule has 9 heteroatoms. The molecule has 0 amide bonds. The molecule has 28 heavy (non-hydrogen) atoms. The molecule has 3 unspecified atom stereocenters. The van der Waals surface area contributed by atoms with Gasteiger partial charge in [-0.25, -0.2) is 4.98 Å². The van der Waals surface area contributed by atoms with Gasteiger partial charge in [0.15, 0.2) is 17.0 Å². The Morgan fingerprint density at radius 1 is 1.32 bits per heavy atom. The zero-order chi connectivity index (χ0) is 19.7. The maximum absolute atomic E-state index is 9.80. The third-order valence-corrected chi connectivity index (χ3v) is 5.31. The molecule has 4 rings (SSSR count). The number of aliphatic hydroxyl groups excluding tert-OH is 1. The van der Waals surface area contributed by atoms with Gasteiger partial charge < -0.3 is 26.0 Å². The van der Waals surface area contributed by atoms with Gasteiger partial charge in [-0.1, -0.05) is 17.7 Å². The highest BCUT2D eigenvalue weighted by molar-refractivity contribution is 6.30. The van der Waals surface area contributed by atoms with E-state index in [1.54, 1.807) is 6.33 Å². The quantitative estimate of drug-likeness (QED) is 0.519. The number of nitrogens with two attached hydrogens (primary N) is 1. The molecule has 0 radical (unpaired) electrons. The van der Waals surface area contributed by atoms with Crippen molar-refractivity contribution < 1.29 is 5.11 Å². The molecule has 0 spiro atoms. The molecule has 1 aliphatic carbocycles. The van der Waals surface area contributed by atoms with Crippen LogP contribution in [0.5, 0.6) is 0 Å². The van der Waals surface area contributed by atoms with Crippen molar-refractivity contribution in [2.24, 2.45) is 5.73 Å². The molecule has 0 aliphatic heterocycles. The molecule has 1 fully saturated rings. The second-order valence-corrected chi connectivity index (χ2v) is 7.55. The lowest BCUT2D eigenvalue weighted by molar-refractivity contribution is 0.115. The number of hydrogen-bond donors (Lipinski definition) is 4. The predicted octanol–water partition coefficient (Wildman–Crippen LogP) is 2.90. The first-order chi connectivity index (χ1) is 13.5. The minimum absolute atomic E-state index is 0.0119. The lowest BCUT2D eigenvalue weighted by Gasteiger charge is -2.32. The summed E-state index contributed by atoms with van der Waals surface area (Å²) in [6, 6.07) is 7.31. The third kappa shape index (κ3) is 3.89. The monoisotopic (exact) mass is 401 g/mol. The van der Waals surface area contributed by atoms with Crippen molar-refractivity contribution in [3.63, 3.8) is 0 Å². The maximum atomic E-state index is 9.80. The molecule has 0 bridgehead atoms. The summed E-state index contributed by atoms with van der Waals surface area (Å²) in [4.78, 5) is 13.8. The van der Waals surface area contributed by atoms with E-state index in [0.29, 0.717) is 35.1 Å². The minimum Gasteiger partial charge on any atom is -0.393 e. The summed E-state index contributed by atoms with van der Waals surface area (Å²) < 4.78 is 1.97. The minimum atomic E-state index is -0.335. The summed E-state index contributed by atoms with van der Waals surface area (Å²) in [6.07, 6.45) is 3.48. The van der Waals surface area contributed by atoms with Gasteiger partial charge in [-0.3, -0.25) is 0 Å². The first-order valence-electron chi connectivity index (χ1n) is 9.49. The number of imidazole rings is 1. The van der Waals surface area contributed by atoms with Gasteiger partial charge >= 0.3 is 0 Å². The number of rotatable bonds is 5. The van der Waals surface area contributed by atoms with Crippen LogP contribution in [0.3, 0.4) is 0 Å². The molecule has 8 nitrogen and oxygen atoms in total. The largest absolute Gasteiger partial charge is 0.393 e. The molecule has 1 aromatic carbocycles. The fourth-order valence-corrected chi connectivity index (χ4v) is 3.75. The molecular weight excluding hydrogens is 378 g/mol. The predicted molar refractivity (Wildman–Crippen MR) is 111 cm³/mol. The molecule has 2 heterocycles. The molecule has 1 aliphatic rings. The molecule has 148 valence electrons. The van der Waals surface area contributed by atoms with Gasteiger partial charge in [0.05, 0.1) is 12.4 Å². The summed E-state index contributed by atoms with van der Waals surface area (Å²) in [5.74, 6) is 1.09. The van der Waals surface area contributed by atoms with E-state index in [0.717, 1.165) is 24.3 Å². The Kier molecular flexibility index (Phi) is 5.34. The fourth-order valence-electron chi connectivity index (χ4n) is 3.56. The molecule has 5 N–H and O–H groups in total. The Bertz CT molecular complexity index is 976. The van der Waals surface area contributed by atoms with E-state index >= 15 is 0 Å². The van der Waals surface area contributed by atoms with Crippen LogP contribution in [0.15, 0.2) is 30.6 Å². The molecule has 1 saturated carbocycles. The number of hydrogen-bond acceptors (Lipinski definition) is 7. The zero-order valence-electron chi connectivity index (χ0n) is 15.6. The highest BCUT2D eigenvalue weighted by Crippen LogP contribution is 2.27. The number of benzene rings is 1. The van der Waals surface area contributed by atoms with Gasteiger partial charge in [0.1, 0.15) is 0 Å². The van der Waals surface area contributed by atoms with E-state index in [9.17, 15) is 5.11 Å². The van der Waals surface area contributed by atoms with Crippen molar-refractivity contribution in [1.29, 1.82) is 0 Å². The molecule has 3 aromatic rings. The number of aryl methyl sites for hydroxylation is 1. The highest BCUT2D eigenvalue weighted by atomic mass is 35.5. The zero-order valence-corrected chi connectivity index (χ0v) is 16.4. The number of nitrogens with one attached hydrogen (secondary N) is 2. The Morgan fingerprint density at radius 3 is 2.93 bits per heavy atom. The first-order valence-corrected chi connectivity index (χ1v) is 9.87. The summed E-state index contributed by atoms with van der Waals surface area (Å²) in [7, 11) is 0. The molecule has 0 saturated heterocycles.